The van der Waals surface area contributed by atoms with Crippen molar-refractivity contribution in [3.63, 3.8) is 0 Å². The summed E-state index contributed by atoms with van der Waals surface area (Å²) in [4.78, 5) is 4.27. The first kappa shape index (κ1) is 12.0. The molecule has 7 heteroatoms. The van der Waals surface area contributed by atoms with Gasteiger partial charge in [0.1, 0.15) is 11.6 Å². The highest BCUT2D eigenvalue weighted by molar-refractivity contribution is 9.10. The van der Waals surface area contributed by atoms with Crippen LogP contribution in [-0.2, 0) is 20.9 Å². The Balaban J connectivity index is 2.26. The van der Waals surface area contributed by atoms with Gasteiger partial charge in [0.25, 0.3) is 10.1 Å². The maximum atomic E-state index is 10.8. The number of halogens is 1. The second-order valence-corrected chi connectivity index (χ2v) is 6.86. The largest absolute Gasteiger partial charge is 0.264 e. The highest BCUT2D eigenvalue weighted by Crippen LogP contribution is 2.25. The van der Waals surface area contributed by atoms with Crippen LogP contribution in [0, 0.1) is 0 Å². The van der Waals surface area contributed by atoms with E-state index >= 15 is 0 Å². The molecule has 1 heterocycles. The molecule has 0 aliphatic carbocycles. The van der Waals surface area contributed by atoms with Crippen molar-refractivity contribution >= 4 is 47.6 Å². The fraction of sp³-hybridized carbons (Fsp3) is 0.222. The Kier molecular flexibility index (Phi) is 3.29. The summed E-state index contributed by atoms with van der Waals surface area (Å²) in [6.45, 7) is -0.00417. The maximum absolute atomic E-state index is 10.8. The molecule has 4 nitrogen and oxygen atoms in total. The van der Waals surface area contributed by atoms with Gasteiger partial charge in [-0.2, -0.15) is 8.42 Å². The van der Waals surface area contributed by atoms with Gasteiger partial charge in [0.05, 0.1) is 16.5 Å². The number of thiazole rings is 1. The predicted octanol–water partition coefficient (Wildman–Crippen LogP) is 2.54. The summed E-state index contributed by atoms with van der Waals surface area (Å²) in [5.74, 6) is 0. The van der Waals surface area contributed by atoms with Gasteiger partial charge in [0.2, 0.25) is 0 Å². The van der Waals surface area contributed by atoms with Crippen LogP contribution in [0.4, 0.5) is 0 Å². The zero-order valence-corrected chi connectivity index (χ0v) is 11.5. The first-order valence-corrected chi connectivity index (χ1v) is 7.76. The van der Waals surface area contributed by atoms with Crippen molar-refractivity contribution < 1.29 is 12.6 Å². The second-order valence-electron chi connectivity index (χ2n) is 3.19. The average molecular weight is 322 g/mol. The molecule has 2 aromatic rings. The number of hydrogen-bond acceptors (Lipinski definition) is 5. The lowest BCUT2D eigenvalue weighted by Gasteiger charge is -1.95. The number of fused-ring (bicyclic) bond motifs is 1. The van der Waals surface area contributed by atoms with Crippen LogP contribution in [-0.4, -0.2) is 19.7 Å². The van der Waals surface area contributed by atoms with Gasteiger partial charge in [-0.05, 0) is 18.2 Å². The van der Waals surface area contributed by atoms with Gasteiger partial charge in [0.15, 0.2) is 0 Å². The van der Waals surface area contributed by atoms with Crippen LogP contribution < -0.4 is 0 Å². The molecule has 0 fully saturated rings. The van der Waals surface area contributed by atoms with E-state index in [9.17, 15) is 8.42 Å². The van der Waals surface area contributed by atoms with Crippen molar-refractivity contribution in [1.29, 1.82) is 0 Å². The molecule has 0 aliphatic rings. The fourth-order valence-electron chi connectivity index (χ4n) is 1.17. The minimum absolute atomic E-state index is 0.00417. The molecule has 0 amide bonds. The summed E-state index contributed by atoms with van der Waals surface area (Å²) in [6.07, 6.45) is 1.02. The number of aromatic nitrogens is 1. The lowest BCUT2D eigenvalue weighted by atomic mass is 10.3. The first-order valence-electron chi connectivity index (χ1n) is 4.33. The van der Waals surface area contributed by atoms with Crippen molar-refractivity contribution in [3.05, 3.63) is 27.7 Å². The first-order chi connectivity index (χ1) is 7.44. The topological polar surface area (TPSA) is 56.3 Å². The van der Waals surface area contributed by atoms with Gasteiger partial charge in [-0.15, -0.1) is 11.3 Å². The molecule has 86 valence electrons. The van der Waals surface area contributed by atoms with Gasteiger partial charge in [-0.3, -0.25) is 4.18 Å². The number of benzene rings is 1. The molecule has 0 saturated carbocycles. The lowest BCUT2D eigenvalue weighted by Crippen LogP contribution is -2.02. The zero-order valence-electron chi connectivity index (χ0n) is 8.31. The summed E-state index contributed by atoms with van der Waals surface area (Å²) in [6, 6.07) is 5.71. The van der Waals surface area contributed by atoms with Crippen LogP contribution in [0.5, 0.6) is 0 Å². The predicted molar refractivity (Wildman–Crippen MR) is 67.0 cm³/mol. The third kappa shape index (κ3) is 3.00. The molecule has 16 heavy (non-hydrogen) atoms. The Hall–Kier alpha value is -0.500. The quantitative estimate of drug-likeness (QED) is 0.815. The summed E-state index contributed by atoms with van der Waals surface area (Å²) >= 11 is 4.79. The molecule has 0 spiro atoms. The summed E-state index contributed by atoms with van der Waals surface area (Å²) in [5.41, 5.74) is 0.848. The molecule has 0 atom stereocenters. The second kappa shape index (κ2) is 4.40. The summed E-state index contributed by atoms with van der Waals surface area (Å²) in [7, 11) is -3.41. The highest BCUT2D eigenvalue weighted by atomic mass is 79.9. The van der Waals surface area contributed by atoms with Gasteiger partial charge in [-0.25, -0.2) is 4.98 Å². The van der Waals surface area contributed by atoms with E-state index in [4.69, 9.17) is 0 Å². The molecule has 0 saturated heterocycles. The van der Waals surface area contributed by atoms with E-state index in [2.05, 4.69) is 25.1 Å². The minimum Gasteiger partial charge on any atom is -0.263 e. The Morgan fingerprint density at radius 2 is 2.25 bits per heavy atom. The van der Waals surface area contributed by atoms with Crippen LogP contribution in [0.3, 0.4) is 0 Å². The van der Waals surface area contributed by atoms with E-state index in [1.54, 1.807) is 0 Å². The smallest absolute Gasteiger partial charge is 0.263 e. The van der Waals surface area contributed by atoms with Gasteiger partial charge < -0.3 is 0 Å². The van der Waals surface area contributed by atoms with Crippen LogP contribution in [0.1, 0.15) is 5.01 Å². The Morgan fingerprint density at radius 1 is 1.50 bits per heavy atom. The normalized spacial score (nSPS) is 12.1. The van der Waals surface area contributed by atoms with Crippen LogP contribution in [0.25, 0.3) is 10.2 Å². The van der Waals surface area contributed by atoms with Gasteiger partial charge in [0, 0.05) is 4.47 Å². The summed E-state index contributed by atoms with van der Waals surface area (Å²) < 4.78 is 28.3. The zero-order chi connectivity index (χ0) is 11.8. The highest BCUT2D eigenvalue weighted by Gasteiger charge is 2.07. The summed E-state index contributed by atoms with van der Waals surface area (Å²) in [5, 5.41) is 0.651. The van der Waals surface area contributed by atoms with Crippen molar-refractivity contribution in [3.8, 4) is 0 Å². The number of hydrogen-bond donors (Lipinski definition) is 0. The molecule has 0 radical (unpaired) electrons. The van der Waals surface area contributed by atoms with E-state index in [0.29, 0.717) is 5.01 Å². The average Bonchev–Trinajstić information content (AvgIpc) is 2.55. The standard InChI is InChI=1S/C9H8BrNO3S2/c1-16(12,13)14-5-9-11-7-3-2-6(10)4-8(7)15-9/h2-4H,5H2,1H3. The maximum Gasteiger partial charge on any atom is 0.264 e. The van der Waals surface area contributed by atoms with Crippen molar-refractivity contribution in [2.24, 2.45) is 0 Å². The third-order valence-electron chi connectivity index (χ3n) is 1.79. The lowest BCUT2D eigenvalue weighted by molar-refractivity contribution is 0.311. The van der Waals surface area contributed by atoms with Gasteiger partial charge >= 0.3 is 0 Å². The monoisotopic (exact) mass is 321 g/mol. The third-order valence-corrected chi connectivity index (χ3v) is 3.82. The van der Waals surface area contributed by atoms with E-state index in [0.717, 1.165) is 20.9 Å². The molecule has 0 unspecified atom stereocenters. The molecular weight excluding hydrogens is 314 g/mol. The van der Waals surface area contributed by atoms with E-state index in [-0.39, 0.29) is 6.61 Å². The van der Waals surface area contributed by atoms with E-state index in [1.165, 1.54) is 11.3 Å². The van der Waals surface area contributed by atoms with Crippen molar-refractivity contribution in [2.75, 3.05) is 6.26 Å². The molecule has 2 rings (SSSR count). The van der Waals surface area contributed by atoms with Crippen LogP contribution >= 0.6 is 27.3 Å². The van der Waals surface area contributed by atoms with Crippen molar-refractivity contribution in [2.45, 2.75) is 6.61 Å². The number of rotatable bonds is 3. The number of nitrogens with zero attached hydrogens (tertiary/aromatic N) is 1. The molecule has 1 aromatic heterocycles. The minimum atomic E-state index is -3.41. The fourth-order valence-corrected chi connectivity index (χ4v) is 3.00. The molecule has 0 bridgehead atoms. The van der Waals surface area contributed by atoms with Crippen molar-refractivity contribution in [1.82, 2.24) is 4.98 Å². The Labute approximate surface area is 106 Å². The molecule has 0 N–H and O–H groups in total. The SMILES string of the molecule is CS(=O)(=O)OCc1nc2ccc(Br)cc2s1. The molecule has 0 aliphatic heterocycles. The Morgan fingerprint density at radius 3 is 2.94 bits per heavy atom. The van der Waals surface area contributed by atoms with E-state index < -0.39 is 10.1 Å². The van der Waals surface area contributed by atoms with E-state index in [1.807, 2.05) is 18.2 Å². The molecule has 1 aromatic carbocycles. The van der Waals surface area contributed by atoms with Gasteiger partial charge in [-0.1, -0.05) is 15.9 Å². The van der Waals surface area contributed by atoms with Crippen LogP contribution in [0.2, 0.25) is 0 Å². The molecular formula is C9H8BrNO3S2. The Bertz CT molecular complexity index is 621. The van der Waals surface area contributed by atoms with Crippen LogP contribution in [0.15, 0.2) is 22.7 Å².